The predicted molar refractivity (Wildman–Crippen MR) is 208 cm³/mol. The molecule has 1 heterocycles. The minimum absolute atomic E-state index is 0.134. The number of unbranched alkanes of at least 4 members (excludes halogenated alkanes) is 26. The van der Waals surface area contributed by atoms with Crippen molar-refractivity contribution in [3.8, 4) is 0 Å². The maximum atomic E-state index is 12.9. The third-order valence-corrected chi connectivity index (χ3v) is 10.7. The van der Waals surface area contributed by atoms with E-state index in [-0.39, 0.29) is 12.5 Å². The minimum Gasteiger partial charge on any atom is -0.394 e. The van der Waals surface area contributed by atoms with Gasteiger partial charge in [0.15, 0.2) is 6.29 Å². The number of aliphatic hydroxyl groups is 5. The summed E-state index contributed by atoms with van der Waals surface area (Å²) in [6, 6.07) is -0.708. The van der Waals surface area contributed by atoms with Crippen LogP contribution in [0.2, 0.25) is 0 Å². The van der Waals surface area contributed by atoms with E-state index in [0.717, 1.165) is 38.5 Å². The normalized spacial score (nSPS) is 21.9. The third-order valence-electron chi connectivity index (χ3n) is 10.7. The molecule has 0 saturated carbocycles. The average molecular weight is 730 g/mol. The Balaban J connectivity index is 2.21. The molecule has 1 rings (SSSR count). The van der Waals surface area contributed by atoms with Crippen LogP contribution in [-0.2, 0) is 14.3 Å². The van der Waals surface area contributed by atoms with Gasteiger partial charge in [0.05, 0.1) is 25.4 Å². The minimum atomic E-state index is -1.55. The van der Waals surface area contributed by atoms with Crippen LogP contribution < -0.4 is 5.32 Å². The second-order valence-corrected chi connectivity index (χ2v) is 15.5. The highest BCUT2D eigenvalue weighted by molar-refractivity contribution is 5.76. The van der Waals surface area contributed by atoms with Gasteiger partial charge in [0.25, 0.3) is 0 Å². The molecular weight excluding hydrogens is 646 g/mol. The van der Waals surface area contributed by atoms with E-state index in [0.29, 0.717) is 12.8 Å². The van der Waals surface area contributed by atoms with Crippen molar-refractivity contribution in [2.24, 2.45) is 0 Å². The summed E-state index contributed by atoms with van der Waals surface area (Å²) in [5, 5.41) is 54.0. The van der Waals surface area contributed by atoms with E-state index < -0.39 is 49.5 Å². The molecule has 9 nitrogen and oxygen atoms in total. The number of carbonyl (C=O) groups excluding carboxylic acids is 1. The van der Waals surface area contributed by atoms with Crippen LogP contribution in [0.4, 0.5) is 0 Å². The first-order chi connectivity index (χ1) is 24.8. The van der Waals surface area contributed by atoms with Crippen LogP contribution in [0, 0.1) is 0 Å². The molecule has 1 fully saturated rings. The predicted octanol–water partition coefficient (Wildman–Crippen LogP) is 8.39. The maximum absolute atomic E-state index is 12.9. The number of nitrogens with one attached hydrogen (secondary N) is 1. The Hall–Kier alpha value is -0.810. The fraction of sp³-hybridized carbons (Fsp3) is 0.976. The second-order valence-electron chi connectivity index (χ2n) is 15.5. The van der Waals surface area contributed by atoms with E-state index in [2.05, 4.69) is 19.2 Å². The summed E-state index contributed by atoms with van der Waals surface area (Å²) in [6.07, 6.45) is 28.5. The second kappa shape index (κ2) is 33.7. The summed E-state index contributed by atoms with van der Waals surface area (Å²) in [7, 11) is 0. The van der Waals surface area contributed by atoms with Crippen molar-refractivity contribution in [1.29, 1.82) is 0 Å². The number of hydrogen-bond acceptors (Lipinski definition) is 8. The molecule has 7 atom stereocenters. The Morgan fingerprint density at radius 2 is 0.980 bits per heavy atom. The van der Waals surface area contributed by atoms with Crippen LogP contribution in [-0.4, -0.2) is 87.5 Å². The molecule has 1 aliphatic heterocycles. The SMILES string of the molecule is CCCCCCCCCCCCCCCCCCCCCCCC(=O)NC(COC1OC(CO)C(O)C(O)C1O)C(O)CCCCCCCCC. The lowest BCUT2D eigenvalue weighted by Crippen LogP contribution is -2.60. The van der Waals surface area contributed by atoms with Crippen LogP contribution in [0.1, 0.15) is 206 Å². The van der Waals surface area contributed by atoms with E-state index in [9.17, 15) is 30.3 Å². The lowest BCUT2D eigenvalue weighted by Gasteiger charge is -2.40. The first-order valence-corrected chi connectivity index (χ1v) is 21.7. The van der Waals surface area contributed by atoms with E-state index in [1.54, 1.807) is 0 Å². The summed E-state index contributed by atoms with van der Waals surface area (Å²) in [4.78, 5) is 12.9. The van der Waals surface area contributed by atoms with E-state index >= 15 is 0 Å². The van der Waals surface area contributed by atoms with E-state index in [1.807, 2.05) is 0 Å². The van der Waals surface area contributed by atoms with E-state index in [4.69, 9.17) is 9.47 Å². The van der Waals surface area contributed by atoms with Crippen molar-refractivity contribution in [3.63, 3.8) is 0 Å². The van der Waals surface area contributed by atoms with Crippen molar-refractivity contribution in [3.05, 3.63) is 0 Å². The topological polar surface area (TPSA) is 149 Å². The summed E-state index contributed by atoms with van der Waals surface area (Å²) < 4.78 is 11.2. The number of carbonyl (C=O) groups is 1. The average Bonchev–Trinajstić information content (AvgIpc) is 3.13. The number of hydrogen-bond donors (Lipinski definition) is 6. The Kier molecular flexibility index (Phi) is 31.9. The van der Waals surface area contributed by atoms with Gasteiger partial charge in [-0.15, -0.1) is 0 Å². The molecule has 0 spiro atoms. The van der Waals surface area contributed by atoms with Gasteiger partial charge in [-0.1, -0.05) is 187 Å². The number of ether oxygens (including phenoxy) is 2. The highest BCUT2D eigenvalue weighted by Crippen LogP contribution is 2.23. The van der Waals surface area contributed by atoms with Gasteiger partial charge in [-0.05, 0) is 12.8 Å². The van der Waals surface area contributed by atoms with Crippen LogP contribution in [0.25, 0.3) is 0 Å². The van der Waals surface area contributed by atoms with Gasteiger partial charge in [-0.3, -0.25) is 4.79 Å². The smallest absolute Gasteiger partial charge is 0.220 e. The van der Waals surface area contributed by atoms with Crippen molar-refractivity contribution < 1.29 is 39.8 Å². The third kappa shape index (κ3) is 25.0. The number of amides is 1. The quantitative estimate of drug-likeness (QED) is 0.0353. The van der Waals surface area contributed by atoms with Gasteiger partial charge >= 0.3 is 0 Å². The molecule has 1 saturated heterocycles. The Morgan fingerprint density at radius 1 is 0.588 bits per heavy atom. The van der Waals surface area contributed by atoms with Crippen molar-refractivity contribution in [1.82, 2.24) is 5.32 Å². The van der Waals surface area contributed by atoms with E-state index in [1.165, 1.54) is 141 Å². The Bertz CT molecular complexity index is 771. The molecule has 0 aromatic carbocycles. The first-order valence-electron chi connectivity index (χ1n) is 21.7. The molecule has 0 aromatic heterocycles. The van der Waals surface area contributed by atoms with Crippen molar-refractivity contribution in [2.45, 2.75) is 249 Å². The molecule has 304 valence electrons. The van der Waals surface area contributed by atoms with Crippen LogP contribution in [0.3, 0.4) is 0 Å². The lowest BCUT2D eigenvalue weighted by atomic mass is 9.99. The Labute approximate surface area is 313 Å². The van der Waals surface area contributed by atoms with Gasteiger partial charge in [0.2, 0.25) is 5.91 Å². The number of aliphatic hydroxyl groups excluding tert-OH is 5. The summed E-state index contributed by atoms with van der Waals surface area (Å²) >= 11 is 0. The van der Waals surface area contributed by atoms with Crippen molar-refractivity contribution in [2.75, 3.05) is 13.2 Å². The summed E-state index contributed by atoms with van der Waals surface area (Å²) in [6.45, 7) is 3.79. The molecule has 1 amide bonds. The molecule has 0 bridgehead atoms. The standard InChI is InChI=1S/C42H83NO8/c1-3-5-7-9-11-12-13-14-15-16-17-18-19-20-21-22-23-24-26-28-30-32-38(46)43-35(36(45)31-29-27-25-10-8-6-4-2)34-50-42-41(49)40(48)39(47)37(33-44)51-42/h35-37,39-42,44-45,47-49H,3-34H2,1-2H3,(H,43,46). The van der Waals surface area contributed by atoms with Crippen LogP contribution in [0.5, 0.6) is 0 Å². The fourth-order valence-electron chi connectivity index (χ4n) is 7.16. The molecule has 9 heteroatoms. The van der Waals surface area contributed by atoms with Crippen molar-refractivity contribution >= 4 is 5.91 Å². The molecule has 51 heavy (non-hydrogen) atoms. The summed E-state index contributed by atoms with van der Waals surface area (Å²) in [5.41, 5.74) is 0. The molecule has 7 unspecified atom stereocenters. The molecule has 0 radical (unpaired) electrons. The van der Waals surface area contributed by atoms with Gasteiger partial charge in [0.1, 0.15) is 24.4 Å². The zero-order valence-corrected chi connectivity index (χ0v) is 33.1. The largest absolute Gasteiger partial charge is 0.394 e. The number of rotatable bonds is 36. The highest BCUT2D eigenvalue weighted by Gasteiger charge is 2.44. The van der Waals surface area contributed by atoms with Crippen LogP contribution in [0.15, 0.2) is 0 Å². The van der Waals surface area contributed by atoms with Gasteiger partial charge in [-0.2, -0.15) is 0 Å². The Morgan fingerprint density at radius 3 is 1.39 bits per heavy atom. The fourth-order valence-corrected chi connectivity index (χ4v) is 7.16. The lowest BCUT2D eigenvalue weighted by molar-refractivity contribution is -0.302. The summed E-state index contributed by atoms with van der Waals surface area (Å²) in [5.74, 6) is -0.145. The molecule has 0 aromatic rings. The first kappa shape index (κ1) is 48.2. The molecular formula is C42H83NO8. The highest BCUT2D eigenvalue weighted by atomic mass is 16.7. The molecule has 0 aliphatic carbocycles. The van der Waals surface area contributed by atoms with Gasteiger partial charge < -0.3 is 40.3 Å². The van der Waals surface area contributed by atoms with Gasteiger partial charge in [0, 0.05) is 6.42 Å². The molecule has 1 aliphatic rings. The molecule has 6 N–H and O–H groups in total. The zero-order chi connectivity index (χ0) is 37.4. The maximum Gasteiger partial charge on any atom is 0.220 e. The zero-order valence-electron chi connectivity index (χ0n) is 33.1. The monoisotopic (exact) mass is 730 g/mol. The van der Waals surface area contributed by atoms with Crippen LogP contribution >= 0.6 is 0 Å². The van der Waals surface area contributed by atoms with Gasteiger partial charge in [-0.25, -0.2) is 0 Å².